The van der Waals surface area contributed by atoms with Gasteiger partial charge in [-0.3, -0.25) is 4.79 Å². The second kappa shape index (κ2) is 6.36. The van der Waals surface area contributed by atoms with Crippen LogP contribution in [-0.2, 0) is 11.0 Å². The van der Waals surface area contributed by atoms with Crippen molar-refractivity contribution in [3.8, 4) is 0 Å². The van der Waals surface area contributed by atoms with E-state index in [1.54, 1.807) is 0 Å². The van der Waals surface area contributed by atoms with Crippen LogP contribution in [0.15, 0.2) is 24.3 Å². The second-order valence-corrected chi connectivity index (χ2v) is 3.90. The van der Waals surface area contributed by atoms with Gasteiger partial charge in [-0.05, 0) is 30.2 Å². The van der Waals surface area contributed by atoms with Gasteiger partial charge < -0.3 is 5.32 Å². The molecule has 0 unspecified atom stereocenters. The maximum atomic E-state index is 13.0. The van der Waals surface area contributed by atoms with Crippen LogP contribution >= 0.6 is 0 Å². The first-order valence-electron chi connectivity index (χ1n) is 5.58. The molecule has 0 aliphatic rings. The van der Waals surface area contributed by atoms with E-state index in [0.29, 0.717) is 19.0 Å². The molecule has 1 amide bonds. The lowest BCUT2D eigenvalue weighted by Crippen LogP contribution is -2.20. The molecule has 1 aromatic rings. The van der Waals surface area contributed by atoms with E-state index in [1.165, 1.54) is 19.1 Å². The minimum absolute atomic E-state index is 0.213. The molecule has 6 heteroatoms. The number of hydrogen-bond donors (Lipinski definition) is 1. The highest BCUT2D eigenvalue weighted by Gasteiger charge is 2.32. The summed E-state index contributed by atoms with van der Waals surface area (Å²) in [4.78, 5) is 10.6. The lowest BCUT2D eigenvalue weighted by molar-refractivity contribution is -0.137. The van der Waals surface area contributed by atoms with E-state index in [-0.39, 0.29) is 11.5 Å². The van der Waals surface area contributed by atoms with Gasteiger partial charge >= 0.3 is 6.18 Å². The van der Waals surface area contributed by atoms with E-state index in [2.05, 4.69) is 5.32 Å². The monoisotopic (exact) mass is 275 g/mol. The molecule has 0 spiro atoms. The summed E-state index contributed by atoms with van der Waals surface area (Å²) in [6.07, 6.45) is -1.49. The first kappa shape index (κ1) is 15.2. The Morgan fingerprint density at radius 1 is 1.37 bits per heavy atom. The van der Waals surface area contributed by atoms with Gasteiger partial charge in [-0.15, -0.1) is 0 Å². The summed E-state index contributed by atoms with van der Waals surface area (Å²) in [7, 11) is 0. The highest BCUT2D eigenvalue weighted by molar-refractivity contribution is 5.72. The first-order chi connectivity index (χ1) is 8.80. The summed E-state index contributed by atoms with van der Waals surface area (Å²) >= 11 is 0. The molecule has 19 heavy (non-hydrogen) atoms. The third-order valence-electron chi connectivity index (χ3n) is 2.30. The largest absolute Gasteiger partial charge is 0.416 e. The number of halogens is 4. The third-order valence-corrected chi connectivity index (χ3v) is 2.30. The van der Waals surface area contributed by atoms with Crippen molar-refractivity contribution in [1.82, 2.24) is 5.32 Å². The van der Waals surface area contributed by atoms with Gasteiger partial charge in [0.15, 0.2) is 0 Å². The summed E-state index contributed by atoms with van der Waals surface area (Å²) in [6, 6.07) is 2.32. The Morgan fingerprint density at radius 2 is 2.05 bits per heavy atom. The highest BCUT2D eigenvalue weighted by Crippen LogP contribution is 2.32. The highest BCUT2D eigenvalue weighted by atomic mass is 19.4. The predicted molar refractivity (Wildman–Crippen MR) is 63.7 cm³/mol. The number of rotatable bonds is 4. The van der Waals surface area contributed by atoms with Crippen LogP contribution in [0.5, 0.6) is 0 Å². The van der Waals surface area contributed by atoms with Crippen molar-refractivity contribution in [3.05, 3.63) is 41.2 Å². The van der Waals surface area contributed by atoms with Gasteiger partial charge in [0.05, 0.1) is 5.56 Å². The molecule has 2 nitrogen and oxygen atoms in total. The van der Waals surface area contributed by atoms with Crippen molar-refractivity contribution in [2.45, 2.75) is 19.5 Å². The normalized spacial score (nSPS) is 11.8. The van der Waals surface area contributed by atoms with E-state index in [4.69, 9.17) is 0 Å². The van der Waals surface area contributed by atoms with Gasteiger partial charge in [-0.2, -0.15) is 13.2 Å². The van der Waals surface area contributed by atoms with E-state index in [9.17, 15) is 22.4 Å². The average Bonchev–Trinajstić information content (AvgIpc) is 2.26. The molecule has 104 valence electrons. The van der Waals surface area contributed by atoms with Crippen LogP contribution in [0.25, 0.3) is 6.08 Å². The average molecular weight is 275 g/mol. The summed E-state index contributed by atoms with van der Waals surface area (Å²) in [5, 5.41) is 2.50. The molecule has 0 aromatic heterocycles. The molecule has 0 aliphatic heterocycles. The van der Waals surface area contributed by atoms with E-state index in [1.807, 2.05) is 0 Å². The summed E-state index contributed by atoms with van der Waals surface area (Å²) in [6.45, 7) is 1.67. The maximum absolute atomic E-state index is 13.0. The van der Waals surface area contributed by atoms with E-state index >= 15 is 0 Å². The van der Waals surface area contributed by atoms with Crippen molar-refractivity contribution in [2.75, 3.05) is 6.54 Å². The number of nitrogens with one attached hydrogen (secondary N) is 1. The molecule has 0 aliphatic carbocycles. The topological polar surface area (TPSA) is 29.1 Å². The number of carbonyl (C=O) groups is 1. The van der Waals surface area contributed by atoms with Crippen LogP contribution in [0.2, 0.25) is 0 Å². The van der Waals surface area contributed by atoms with E-state index in [0.717, 1.165) is 12.1 Å². The maximum Gasteiger partial charge on any atom is 0.416 e. The molecular weight excluding hydrogens is 262 g/mol. The van der Waals surface area contributed by atoms with Crippen LogP contribution in [-0.4, -0.2) is 12.5 Å². The Bertz CT molecular complexity index is 480. The predicted octanol–water partition coefficient (Wildman–Crippen LogP) is 3.38. The molecule has 1 N–H and O–H groups in total. The first-order valence-corrected chi connectivity index (χ1v) is 5.58. The molecule has 0 saturated heterocycles. The number of carbonyl (C=O) groups excluding carboxylic acids is 1. The molecular formula is C13H13F4NO. The second-order valence-electron chi connectivity index (χ2n) is 3.90. The lowest BCUT2D eigenvalue weighted by atomic mass is 10.1. The van der Waals surface area contributed by atoms with Crippen molar-refractivity contribution in [3.63, 3.8) is 0 Å². The molecule has 0 bridgehead atoms. The number of benzene rings is 1. The fourth-order valence-electron chi connectivity index (χ4n) is 1.47. The minimum Gasteiger partial charge on any atom is -0.356 e. The van der Waals surface area contributed by atoms with Crippen molar-refractivity contribution < 1.29 is 22.4 Å². The van der Waals surface area contributed by atoms with Crippen LogP contribution in [0, 0.1) is 5.82 Å². The quantitative estimate of drug-likeness (QED) is 0.662. The molecule has 0 atom stereocenters. The Labute approximate surface area is 108 Å². The van der Waals surface area contributed by atoms with Gasteiger partial charge in [0.2, 0.25) is 5.91 Å². The zero-order valence-electron chi connectivity index (χ0n) is 10.2. The molecule has 0 heterocycles. The van der Waals surface area contributed by atoms with Crippen LogP contribution in [0.3, 0.4) is 0 Å². The Balaban J connectivity index is 2.79. The smallest absolute Gasteiger partial charge is 0.356 e. The Kier molecular flexibility index (Phi) is 5.09. The molecule has 0 fully saturated rings. The van der Waals surface area contributed by atoms with Crippen molar-refractivity contribution in [1.29, 1.82) is 0 Å². The van der Waals surface area contributed by atoms with Crippen LogP contribution < -0.4 is 5.32 Å². The van der Waals surface area contributed by atoms with Gasteiger partial charge in [-0.25, -0.2) is 4.39 Å². The summed E-state index contributed by atoms with van der Waals surface area (Å²) in [5.41, 5.74) is -1.11. The lowest BCUT2D eigenvalue weighted by Gasteiger charge is -2.10. The van der Waals surface area contributed by atoms with Gasteiger partial charge in [-0.1, -0.05) is 12.2 Å². The fraction of sp³-hybridized carbons (Fsp3) is 0.308. The minimum atomic E-state index is -4.52. The standard InChI is InChI=1S/C13H13F4NO/c1-9(19)18-7-3-2-4-10-8-11(14)5-6-12(10)13(15,16)17/h2,4-6,8H,3,7H2,1H3,(H,18,19). The van der Waals surface area contributed by atoms with Crippen LogP contribution in [0.1, 0.15) is 24.5 Å². The molecule has 1 aromatic carbocycles. The van der Waals surface area contributed by atoms with Gasteiger partial charge in [0, 0.05) is 13.5 Å². The summed E-state index contributed by atoms with van der Waals surface area (Å²) in [5.74, 6) is -0.940. The van der Waals surface area contributed by atoms with Crippen molar-refractivity contribution in [2.24, 2.45) is 0 Å². The number of hydrogen-bond acceptors (Lipinski definition) is 1. The summed E-state index contributed by atoms with van der Waals surface area (Å²) < 4.78 is 50.9. The zero-order chi connectivity index (χ0) is 14.5. The van der Waals surface area contributed by atoms with Gasteiger partial charge in [0.25, 0.3) is 0 Å². The van der Waals surface area contributed by atoms with Gasteiger partial charge in [0.1, 0.15) is 5.82 Å². The van der Waals surface area contributed by atoms with Crippen molar-refractivity contribution >= 4 is 12.0 Å². The zero-order valence-corrected chi connectivity index (χ0v) is 10.2. The van der Waals surface area contributed by atoms with Crippen LogP contribution in [0.4, 0.5) is 17.6 Å². The Morgan fingerprint density at radius 3 is 2.63 bits per heavy atom. The fourth-order valence-corrected chi connectivity index (χ4v) is 1.47. The SMILES string of the molecule is CC(=O)NCCC=Cc1cc(F)ccc1C(F)(F)F. The Hall–Kier alpha value is -1.85. The molecule has 0 radical (unpaired) electrons. The van der Waals surface area contributed by atoms with E-state index < -0.39 is 17.6 Å². The third kappa shape index (κ3) is 5.11. The molecule has 1 rings (SSSR count). The number of alkyl halides is 3. The number of amides is 1. The molecule has 0 saturated carbocycles.